The van der Waals surface area contributed by atoms with Crippen LogP contribution in [0.2, 0.25) is 0 Å². The lowest BCUT2D eigenvalue weighted by Gasteiger charge is -2.13. The SMILES string of the molecule is CCO/N=C(\COc1ccc(CC(OCC)C(=O)O)cc1)c1nnc(-c2ccc(F)cc2)o1. The summed E-state index contributed by atoms with van der Waals surface area (Å²) in [5, 5.41) is 21.2. The van der Waals surface area contributed by atoms with Gasteiger partial charge in [0.25, 0.3) is 5.89 Å². The summed E-state index contributed by atoms with van der Waals surface area (Å²) in [5.41, 5.74) is 1.64. The molecule has 3 rings (SSSR count). The van der Waals surface area contributed by atoms with Crippen LogP contribution in [0.5, 0.6) is 5.75 Å². The zero-order chi connectivity index (χ0) is 23.6. The number of benzene rings is 2. The predicted octanol–water partition coefficient (Wildman–Crippen LogP) is 3.73. The average molecular weight is 457 g/mol. The maximum Gasteiger partial charge on any atom is 0.333 e. The number of carboxylic acid groups (broad SMARTS) is 1. The molecule has 1 unspecified atom stereocenters. The number of oxime groups is 1. The Labute approximate surface area is 189 Å². The van der Waals surface area contributed by atoms with E-state index in [0.29, 0.717) is 24.5 Å². The van der Waals surface area contributed by atoms with Gasteiger partial charge >= 0.3 is 5.97 Å². The van der Waals surface area contributed by atoms with Crippen molar-refractivity contribution in [3.63, 3.8) is 0 Å². The van der Waals surface area contributed by atoms with Gasteiger partial charge in [0.15, 0.2) is 11.8 Å². The zero-order valence-electron chi connectivity index (χ0n) is 18.2. The van der Waals surface area contributed by atoms with Gasteiger partial charge < -0.3 is 23.8 Å². The van der Waals surface area contributed by atoms with Gasteiger partial charge in [-0.3, -0.25) is 0 Å². The van der Waals surface area contributed by atoms with Gasteiger partial charge in [0.05, 0.1) is 0 Å². The molecule has 0 fully saturated rings. The Morgan fingerprint density at radius 3 is 2.45 bits per heavy atom. The number of aliphatic carboxylic acids is 1. The Morgan fingerprint density at radius 1 is 1.09 bits per heavy atom. The van der Waals surface area contributed by atoms with Crippen molar-refractivity contribution < 1.29 is 33.0 Å². The van der Waals surface area contributed by atoms with Crippen molar-refractivity contribution in [2.45, 2.75) is 26.4 Å². The van der Waals surface area contributed by atoms with E-state index in [1.807, 2.05) is 0 Å². The van der Waals surface area contributed by atoms with E-state index in [2.05, 4.69) is 15.4 Å². The third kappa shape index (κ3) is 6.84. The van der Waals surface area contributed by atoms with Crippen molar-refractivity contribution in [3.8, 4) is 17.2 Å². The number of hydrogen-bond donors (Lipinski definition) is 1. The summed E-state index contributed by atoms with van der Waals surface area (Å²) in [5.74, 6) is -0.521. The molecule has 1 aromatic heterocycles. The maximum absolute atomic E-state index is 13.1. The van der Waals surface area contributed by atoms with Crippen LogP contribution in [-0.2, 0) is 20.8 Å². The molecule has 0 aliphatic carbocycles. The minimum absolute atomic E-state index is 0.0128. The molecule has 2 aromatic carbocycles. The molecule has 9 nitrogen and oxygen atoms in total. The fourth-order valence-corrected chi connectivity index (χ4v) is 2.82. The molecule has 33 heavy (non-hydrogen) atoms. The highest BCUT2D eigenvalue weighted by molar-refractivity contribution is 5.97. The number of aromatic nitrogens is 2. The lowest BCUT2D eigenvalue weighted by atomic mass is 10.1. The molecule has 0 spiro atoms. The first kappa shape index (κ1) is 23.9. The van der Waals surface area contributed by atoms with Gasteiger partial charge in [-0.15, -0.1) is 10.2 Å². The molecule has 174 valence electrons. The number of carboxylic acids is 1. The van der Waals surface area contributed by atoms with Crippen molar-refractivity contribution >= 4 is 11.7 Å². The minimum Gasteiger partial charge on any atom is -0.487 e. The van der Waals surface area contributed by atoms with E-state index in [9.17, 15) is 14.3 Å². The van der Waals surface area contributed by atoms with Crippen LogP contribution >= 0.6 is 0 Å². The fourth-order valence-electron chi connectivity index (χ4n) is 2.82. The number of rotatable bonds is 12. The first-order chi connectivity index (χ1) is 16.0. The molecule has 1 heterocycles. The van der Waals surface area contributed by atoms with E-state index >= 15 is 0 Å². The molecular formula is C23H24FN3O6. The van der Waals surface area contributed by atoms with Crippen molar-refractivity contribution in [3.05, 3.63) is 65.8 Å². The number of hydrogen-bond acceptors (Lipinski definition) is 8. The summed E-state index contributed by atoms with van der Waals surface area (Å²) in [7, 11) is 0. The van der Waals surface area contributed by atoms with Gasteiger partial charge in [-0.25, -0.2) is 9.18 Å². The molecular weight excluding hydrogens is 433 g/mol. The fraction of sp³-hybridized carbons (Fsp3) is 0.304. The summed E-state index contributed by atoms with van der Waals surface area (Å²) < 4.78 is 29.8. The molecule has 0 radical (unpaired) electrons. The van der Waals surface area contributed by atoms with Gasteiger partial charge in [0.1, 0.15) is 24.8 Å². The van der Waals surface area contributed by atoms with Crippen LogP contribution in [0.25, 0.3) is 11.5 Å². The summed E-state index contributed by atoms with van der Waals surface area (Å²) in [6.07, 6.45) is -0.659. The highest BCUT2D eigenvalue weighted by Gasteiger charge is 2.19. The lowest BCUT2D eigenvalue weighted by Crippen LogP contribution is -2.26. The van der Waals surface area contributed by atoms with Crippen molar-refractivity contribution in [1.29, 1.82) is 0 Å². The van der Waals surface area contributed by atoms with E-state index in [4.69, 9.17) is 18.7 Å². The second kappa shape index (κ2) is 11.7. The molecule has 0 saturated carbocycles. The standard InChI is InChI=1S/C23H24FN3O6/c1-3-30-20(23(28)29)13-15-5-11-18(12-6-15)31-14-19(27-32-4-2)22-26-25-21(33-22)16-7-9-17(24)10-8-16/h5-12,20H,3-4,13-14H2,1-2H3,(H,28,29)/b27-19+. The first-order valence-electron chi connectivity index (χ1n) is 10.3. The maximum atomic E-state index is 13.1. The van der Waals surface area contributed by atoms with E-state index in [0.717, 1.165) is 5.56 Å². The van der Waals surface area contributed by atoms with E-state index in [-0.39, 0.29) is 36.3 Å². The summed E-state index contributed by atoms with van der Waals surface area (Å²) in [4.78, 5) is 16.4. The predicted molar refractivity (Wildman–Crippen MR) is 117 cm³/mol. The first-order valence-corrected chi connectivity index (χ1v) is 10.3. The van der Waals surface area contributed by atoms with Crippen LogP contribution in [0.1, 0.15) is 25.3 Å². The number of ether oxygens (including phenoxy) is 2. The highest BCUT2D eigenvalue weighted by atomic mass is 19.1. The van der Waals surface area contributed by atoms with Crippen LogP contribution in [0, 0.1) is 5.82 Å². The van der Waals surface area contributed by atoms with Crippen LogP contribution < -0.4 is 4.74 Å². The van der Waals surface area contributed by atoms with E-state index < -0.39 is 12.1 Å². The van der Waals surface area contributed by atoms with Crippen LogP contribution in [0.15, 0.2) is 58.1 Å². The van der Waals surface area contributed by atoms with Crippen LogP contribution in [0.3, 0.4) is 0 Å². The highest BCUT2D eigenvalue weighted by Crippen LogP contribution is 2.19. The molecule has 10 heteroatoms. The van der Waals surface area contributed by atoms with Gasteiger partial charge in [-0.2, -0.15) is 0 Å². The van der Waals surface area contributed by atoms with Crippen molar-refractivity contribution in [2.75, 3.05) is 19.8 Å². The number of nitrogens with zero attached hydrogens (tertiary/aromatic N) is 3. The third-order valence-electron chi connectivity index (χ3n) is 4.43. The van der Waals surface area contributed by atoms with E-state index in [1.165, 1.54) is 24.3 Å². The zero-order valence-corrected chi connectivity index (χ0v) is 18.2. The second-order valence-corrected chi connectivity index (χ2v) is 6.79. The summed E-state index contributed by atoms with van der Waals surface area (Å²) >= 11 is 0. The molecule has 0 saturated heterocycles. The average Bonchev–Trinajstić information content (AvgIpc) is 3.30. The smallest absolute Gasteiger partial charge is 0.333 e. The molecule has 0 aliphatic heterocycles. The van der Waals surface area contributed by atoms with Gasteiger partial charge in [-0.05, 0) is 55.8 Å². The van der Waals surface area contributed by atoms with Gasteiger partial charge in [-0.1, -0.05) is 17.3 Å². The largest absolute Gasteiger partial charge is 0.487 e. The Balaban J connectivity index is 1.67. The molecule has 0 bridgehead atoms. The van der Waals surface area contributed by atoms with Crippen molar-refractivity contribution in [1.82, 2.24) is 10.2 Å². The quantitative estimate of drug-likeness (QED) is 0.323. The van der Waals surface area contributed by atoms with Gasteiger partial charge in [0.2, 0.25) is 5.89 Å². The summed E-state index contributed by atoms with van der Waals surface area (Å²) in [6, 6.07) is 12.6. The Hall–Kier alpha value is -3.79. The molecule has 1 atom stereocenters. The topological polar surface area (TPSA) is 116 Å². The van der Waals surface area contributed by atoms with Gasteiger partial charge in [0, 0.05) is 18.6 Å². The number of carbonyl (C=O) groups is 1. The van der Waals surface area contributed by atoms with Crippen molar-refractivity contribution in [2.24, 2.45) is 5.16 Å². The molecule has 1 N–H and O–H groups in total. The van der Waals surface area contributed by atoms with E-state index in [1.54, 1.807) is 38.1 Å². The Morgan fingerprint density at radius 2 is 1.82 bits per heavy atom. The molecule has 0 aliphatic rings. The summed E-state index contributed by atoms with van der Waals surface area (Å²) in [6.45, 7) is 4.17. The lowest BCUT2D eigenvalue weighted by molar-refractivity contribution is -0.149. The Kier molecular flexibility index (Phi) is 8.48. The third-order valence-corrected chi connectivity index (χ3v) is 4.43. The normalized spacial score (nSPS) is 12.4. The van der Waals surface area contributed by atoms with Crippen LogP contribution in [-0.4, -0.2) is 52.9 Å². The monoisotopic (exact) mass is 457 g/mol. The van der Waals surface area contributed by atoms with Crippen LogP contribution in [0.4, 0.5) is 4.39 Å². The Bertz CT molecular complexity index is 1070. The second-order valence-electron chi connectivity index (χ2n) is 6.79. The minimum atomic E-state index is -1.01. The number of halogens is 1. The molecule has 3 aromatic rings. The molecule has 0 amide bonds.